The van der Waals surface area contributed by atoms with Crippen LogP contribution in [0.3, 0.4) is 0 Å². The second kappa shape index (κ2) is 8.99. The van der Waals surface area contributed by atoms with E-state index in [0.717, 1.165) is 7.11 Å². The zero-order chi connectivity index (χ0) is 23.5. The maximum Gasteiger partial charge on any atom is 0.258 e. The number of anilines is 1. The minimum atomic E-state index is -1.51. The zero-order valence-electron chi connectivity index (χ0n) is 17.3. The predicted molar refractivity (Wildman–Crippen MR) is 111 cm³/mol. The molecule has 2 aromatic heterocycles. The van der Waals surface area contributed by atoms with Crippen molar-refractivity contribution in [2.24, 2.45) is 0 Å². The molecule has 4 rings (SSSR count). The Morgan fingerprint density at radius 1 is 1.06 bits per heavy atom. The van der Waals surface area contributed by atoms with Crippen molar-refractivity contribution in [1.82, 2.24) is 19.5 Å². The summed E-state index contributed by atoms with van der Waals surface area (Å²) in [6, 6.07) is 8.18. The third-order valence-electron chi connectivity index (χ3n) is 4.47. The molecule has 0 saturated carbocycles. The zero-order valence-corrected chi connectivity index (χ0v) is 17.3. The minimum absolute atomic E-state index is 0.272. The van der Waals surface area contributed by atoms with Crippen LogP contribution >= 0.6 is 0 Å². The Kier molecular flexibility index (Phi) is 5.94. The number of ether oxygens (including phenoxy) is 2. The van der Waals surface area contributed by atoms with E-state index >= 15 is 0 Å². The molecule has 0 saturated heterocycles. The average Bonchev–Trinajstić information content (AvgIpc) is 3.33. The molecular formula is C22H16F3N5O3. The van der Waals surface area contributed by atoms with E-state index in [1.165, 1.54) is 12.1 Å². The summed E-state index contributed by atoms with van der Waals surface area (Å²) in [5.41, 5.74) is -0.428. The van der Waals surface area contributed by atoms with Crippen LogP contribution in [0.4, 0.5) is 18.9 Å². The van der Waals surface area contributed by atoms with Gasteiger partial charge in [0.1, 0.15) is 23.7 Å². The third kappa shape index (κ3) is 4.61. The number of imidazole rings is 1. The van der Waals surface area contributed by atoms with E-state index in [-0.39, 0.29) is 5.69 Å². The molecule has 2 heterocycles. The monoisotopic (exact) mass is 455 g/mol. The van der Waals surface area contributed by atoms with Crippen LogP contribution in [0.5, 0.6) is 17.4 Å². The third-order valence-corrected chi connectivity index (χ3v) is 4.47. The maximum absolute atomic E-state index is 14.3. The lowest BCUT2D eigenvalue weighted by atomic mass is 10.1. The topological polar surface area (TPSA) is 91.2 Å². The molecule has 0 aliphatic carbocycles. The fourth-order valence-electron chi connectivity index (χ4n) is 2.95. The summed E-state index contributed by atoms with van der Waals surface area (Å²) < 4.78 is 53.5. The van der Waals surface area contributed by atoms with Gasteiger partial charge < -0.3 is 14.8 Å². The highest BCUT2D eigenvalue weighted by molar-refractivity contribution is 6.04. The number of aryl methyl sites for hydroxylation is 1. The molecule has 0 bridgehead atoms. The van der Waals surface area contributed by atoms with E-state index in [9.17, 15) is 18.0 Å². The Bertz CT molecular complexity index is 1310. The second-order valence-corrected chi connectivity index (χ2v) is 6.73. The fraction of sp³-hybridized carbons (Fsp3) is 0.0909. The fourth-order valence-corrected chi connectivity index (χ4v) is 2.95. The summed E-state index contributed by atoms with van der Waals surface area (Å²) in [5.74, 6) is -4.41. The van der Waals surface area contributed by atoms with E-state index in [1.807, 2.05) is 0 Å². The average molecular weight is 455 g/mol. The van der Waals surface area contributed by atoms with Crippen LogP contribution < -0.4 is 14.8 Å². The van der Waals surface area contributed by atoms with Crippen molar-refractivity contribution >= 4 is 11.6 Å². The summed E-state index contributed by atoms with van der Waals surface area (Å²) in [6.07, 6.45) is 4.94. The van der Waals surface area contributed by atoms with Gasteiger partial charge in [-0.15, -0.1) is 0 Å². The molecular weight excluding hydrogens is 439 g/mol. The SMILES string of the molecule is COc1c(F)c(F)cc(C(=O)Nc2ccc(Oc3cc(-n4ccnc4)nc(C)n3)cc2)c1F. The predicted octanol–water partition coefficient (Wildman–Crippen LogP) is 4.44. The van der Waals surface area contributed by atoms with Crippen molar-refractivity contribution in [1.29, 1.82) is 0 Å². The summed E-state index contributed by atoms with van der Waals surface area (Å²) in [7, 11) is 0.971. The van der Waals surface area contributed by atoms with Crippen LogP contribution in [0, 0.1) is 24.4 Å². The lowest BCUT2D eigenvalue weighted by Gasteiger charge is -2.11. The first kappa shape index (κ1) is 21.8. The summed E-state index contributed by atoms with van der Waals surface area (Å²) in [6.45, 7) is 1.72. The molecule has 0 radical (unpaired) electrons. The van der Waals surface area contributed by atoms with Gasteiger partial charge in [0.05, 0.1) is 12.7 Å². The summed E-state index contributed by atoms with van der Waals surface area (Å²) in [5, 5.41) is 2.41. The van der Waals surface area contributed by atoms with Gasteiger partial charge in [0.15, 0.2) is 17.4 Å². The van der Waals surface area contributed by atoms with Gasteiger partial charge in [0, 0.05) is 24.1 Å². The van der Waals surface area contributed by atoms with Crippen molar-refractivity contribution in [3.8, 4) is 23.2 Å². The standard InChI is InChI=1S/C22H16F3N5O3/c1-12-27-17(30-8-7-26-11-30)10-18(28-12)33-14-5-3-13(4-6-14)29-22(31)15-9-16(23)20(25)21(32-2)19(15)24/h3-11H,1-2H3,(H,29,31). The molecule has 2 aromatic carbocycles. The van der Waals surface area contributed by atoms with Crippen LogP contribution in [-0.4, -0.2) is 32.5 Å². The van der Waals surface area contributed by atoms with E-state index in [4.69, 9.17) is 4.74 Å². The van der Waals surface area contributed by atoms with Crippen LogP contribution in [0.1, 0.15) is 16.2 Å². The molecule has 0 spiro atoms. The highest BCUT2D eigenvalue weighted by Gasteiger charge is 2.23. The highest BCUT2D eigenvalue weighted by Crippen LogP contribution is 2.28. The number of carbonyl (C=O) groups is 1. The van der Waals surface area contributed by atoms with Gasteiger partial charge in [-0.1, -0.05) is 0 Å². The van der Waals surface area contributed by atoms with Crippen LogP contribution in [0.15, 0.2) is 55.1 Å². The Balaban J connectivity index is 1.50. The molecule has 1 N–H and O–H groups in total. The number of benzene rings is 2. The molecule has 0 fully saturated rings. The van der Waals surface area contributed by atoms with E-state index in [0.29, 0.717) is 29.3 Å². The van der Waals surface area contributed by atoms with Gasteiger partial charge >= 0.3 is 0 Å². The first-order valence-electron chi connectivity index (χ1n) is 9.50. The van der Waals surface area contributed by atoms with Crippen LogP contribution in [0.2, 0.25) is 0 Å². The number of carbonyl (C=O) groups excluding carboxylic acids is 1. The van der Waals surface area contributed by atoms with Crippen molar-refractivity contribution in [2.75, 3.05) is 12.4 Å². The Hall–Kier alpha value is -4.41. The first-order chi connectivity index (χ1) is 15.9. The van der Waals surface area contributed by atoms with Gasteiger partial charge in [-0.2, -0.15) is 9.37 Å². The van der Waals surface area contributed by atoms with E-state index in [1.54, 1.807) is 48.4 Å². The number of amides is 1. The Morgan fingerprint density at radius 3 is 2.48 bits per heavy atom. The van der Waals surface area contributed by atoms with E-state index in [2.05, 4.69) is 25.0 Å². The molecule has 33 heavy (non-hydrogen) atoms. The minimum Gasteiger partial charge on any atom is -0.491 e. The van der Waals surface area contributed by atoms with Crippen LogP contribution in [-0.2, 0) is 0 Å². The highest BCUT2D eigenvalue weighted by atomic mass is 19.2. The van der Waals surface area contributed by atoms with Gasteiger partial charge in [0.25, 0.3) is 5.91 Å². The Labute approximate surface area is 185 Å². The summed E-state index contributed by atoms with van der Waals surface area (Å²) >= 11 is 0. The van der Waals surface area contributed by atoms with Crippen molar-refractivity contribution in [3.05, 3.63) is 84.0 Å². The summed E-state index contributed by atoms with van der Waals surface area (Å²) in [4.78, 5) is 24.9. The lowest BCUT2D eigenvalue weighted by molar-refractivity contribution is 0.102. The van der Waals surface area contributed by atoms with Crippen molar-refractivity contribution in [3.63, 3.8) is 0 Å². The molecule has 168 valence electrons. The molecule has 1 amide bonds. The smallest absolute Gasteiger partial charge is 0.258 e. The van der Waals surface area contributed by atoms with Gasteiger partial charge in [-0.25, -0.2) is 18.7 Å². The van der Waals surface area contributed by atoms with Crippen molar-refractivity contribution < 1.29 is 27.4 Å². The molecule has 0 unspecified atom stereocenters. The number of aromatic nitrogens is 4. The quantitative estimate of drug-likeness (QED) is 0.432. The van der Waals surface area contributed by atoms with Gasteiger partial charge in [-0.3, -0.25) is 9.36 Å². The molecule has 0 aliphatic rings. The maximum atomic E-state index is 14.3. The molecule has 0 aliphatic heterocycles. The van der Waals surface area contributed by atoms with Crippen molar-refractivity contribution in [2.45, 2.75) is 6.92 Å². The number of halogens is 3. The van der Waals surface area contributed by atoms with E-state index < -0.39 is 34.7 Å². The molecule has 8 nitrogen and oxygen atoms in total. The molecule has 11 heteroatoms. The Morgan fingerprint density at radius 2 is 1.82 bits per heavy atom. The number of nitrogens with zero attached hydrogens (tertiary/aromatic N) is 4. The first-order valence-corrected chi connectivity index (χ1v) is 9.50. The number of methoxy groups -OCH3 is 1. The molecule has 0 atom stereocenters. The second-order valence-electron chi connectivity index (χ2n) is 6.73. The molecule has 4 aromatic rings. The number of hydrogen-bond donors (Lipinski definition) is 1. The number of rotatable bonds is 6. The van der Waals surface area contributed by atoms with Crippen LogP contribution in [0.25, 0.3) is 5.82 Å². The normalized spacial score (nSPS) is 10.7. The van der Waals surface area contributed by atoms with Gasteiger partial charge in [0.2, 0.25) is 11.7 Å². The number of hydrogen-bond acceptors (Lipinski definition) is 6. The van der Waals surface area contributed by atoms with Gasteiger partial charge in [-0.05, 0) is 37.3 Å². The lowest BCUT2D eigenvalue weighted by Crippen LogP contribution is -2.15. The largest absolute Gasteiger partial charge is 0.491 e. The number of nitrogens with one attached hydrogen (secondary N) is 1.